The Bertz CT molecular complexity index is 526. The van der Waals surface area contributed by atoms with E-state index >= 15 is 0 Å². The van der Waals surface area contributed by atoms with Gasteiger partial charge in [-0.3, -0.25) is 9.69 Å². The van der Waals surface area contributed by atoms with Crippen molar-refractivity contribution in [1.29, 1.82) is 0 Å². The molecule has 4 nitrogen and oxygen atoms in total. The number of hydrogen-bond acceptors (Lipinski definition) is 4. The van der Waals surface area contributed by atoms with E-state index in [0.717, 1.165) is 36.8 Å². The van der Waals surface area contributed by atoms with Crippen molar-refractivity contribution in [2.24, 2.45) is 0 Å². The minimum absolute atomic E-state index is 0.00934. The van der Waals surface area contributed by atoms with E-state index in [1.165, 1.54) is 0 Å². The Morgan fingerprint density at radius 3 is 2.61 bits per heavy atom. The van der Waals surface area contributed by atoms with Gasteiger partial charge in [-0.25, -0.2) is 0 Å². The average Bonchev–Trinajstić information content (AvgIpc) is 2.53. The van der Waals surface area contributed by atoms with Crippen LogP contribution in [0.15, 0.2) is 29.2 Å². The van der Waals surface area contributed by atoms with E-state index in [9.17, 15) is 4.79 Å². The van der Waals surface area contributed by atoms with Crippen molar-refractivity contribution in [2.75, 3.05) is 32.8 Å². The lowest BCUT2D eigenvalue weighted by Gasteiger charge is -2.40. The quantitative estimate of drug-likeness (QED) is 0.811. The normalized spacial score (nSPS) is 16.6. The second-order valence-electron chi connectivity index (χ2n) is 6.76. The Balaban J connectivity index is 1.99. The summed E-state index contributed by atoms with van der Waals surface area (Å²) in [4.78, 5) is 16.0. The summed E-state index contributed by atoms with van der Waals surface area (Å²) in [5.41, 5.74) is 0.698. The molecule has 23 heavy (non-hydrogen) atoms. The van der Waals surface area contributed by atoms with E-state index in [1.54, 1.807) is 11.8 Å². The standard InChI is InChI=1S/C18H28N2O2S/c1-14(2)23-16-8-6-5-7-15(16)17(21)19-13-18(3,4)20-9-11-22-12-10-20/h5-8,14H,9-13H2,1-4H3,(H,19,21). The number of carbonyl (C=O) groups excluding carboxylic acids is 1. The first-order valence-electron chi connectivity index (χ1n) is 8.27. The second-order valence-corrected chi connectivity index (χ2v) is 8.38. The zero-order valence-electron chi connectivity index (χ0n) is 14.6. The summed E-state index contributed by atoms with van der Waals surface area (Å²) in [6.07, 6.45) is 0. The highest BCUT2D eigenvalue weighted by Gasteiger charge is 2.28. The van der Waals surface area contributed by atoms with Gasteiger partial charge < -0.3 is 10.1 Å². The Labute approximate surface area is 144 Å². The van der Waals surface area contributed by atoms with Gasteiger partial charge in [-0.1, -0.05) is 26.0 Å². The SMILES string of the molecule is CC(C)Sc1ccccc1C(=O)NCC(C)(C)N1CCOCC1. The molecule has 1 amide bonds. The van der Waals surface area contributed by atoms with E-state index in [0.29, 0.717) is 11.8 Å². The molecule has 1 aromatic carbocycles. The Morgan fingerprint density at radius 2 is 1.96 bits per heavy atom. The summed E-state index contributed by atoms with van der Waals surface area (Å²) < 4.78 is 5.41. The maximum atomic E-state index is 12.6. The largest absolute Gasteiger partial charge is 0.379 e. The number of nitrogens with zero attached hydrogens (tertiary/aromatic N) is 1. The van der Waals surface area contributed by atoms with Crippen molar-refractivity contribution in [1.82, 2.24) is 10.2 Å². The number of rotatable bonds is 6. The Kier molecular flexibility index (Phi) is 6.50. The number of thioether (sulfide) groups is 1. The first kappa shape index (κ1) is 18.3. The van der Waals surface area contributed by atoms with Gasteiger partial charge in [0.2, 0.25) is 0 Å². The number of morpholine rings is 1. The smallest absolute Gasteiger partial charge is 0.252 e. The first-order valence-corrected chi connectivity index (χ1v) is 9.15. The van der Waals surface area contributed by atoms with Crippen LogP contribution < -0.4 is 5.32 Å². The number of hydrogen-bond donors (Lipinski definition) is 1. The van der Waals surface area contributed by atoms with Gasteiger partial charge in [-0.2, -0.15) is 0 Å². The molecular weight excluding hydrogens is 308 g/mol. The summed E-state index contributed by atoms with van der Waals surface area (Å²) >= 11 is 1.73. The van der Waals surface area contributed by atoms with Gasteiger partial charge >= 0.3 is 0 Å². The molecular formula is C18H28N2O2S. The highest BCUT2D eigenvalue weighted by molar-refractivity contribution is 8.00. The molecule has 1 fully saturated rings. The molecule has 1 aliphatic rings. The van der Waals surface area contributed by atoms with Crippen LogP contribution in [0, 0.1) is 0 Å². The van der Waals surface area contributed by atoms with Gasteiger partial charge in [0, 0.05) is 35.3 Å². The van der Waals surface area contributed by atoms with Crippen LogP contribution in [0.3, 0.4) is 0 Å². The lowest BCUT2D eigenvalue weighted by atomic mass is 10.0. The molecule has 1 saturated heterocycles. The average molecular weight is 337 g/mol. The number of benzene rings is 1. The van der Waals surface area contributed by atoms with Gasteiger partial charge in [0.1, 0.15) is 0 Å². The van der Waals surface area contributed by atoms with Gasteiger partial charge in [0.25, 0.3) is 5.91 Å². The minimum Gasteiger partial charge on any atom is -0.379 e. The van der Waals surface area contributed by atoms with Crippen LogP contribution in [-0.4, -0.2) is 54.4 Å². The van der Waals surface area contributed by atoms with Crippen molar-refractivity contribution in [3.8, 4) is 0 Å². The fourth-order valence-electron chi connectivity index (χ4n) is 2.68. The third kappa shape index (κ3) is 5.23. The third-order valence-electron chi connectivity index (χ3n) is 4.04. The maximum absolute atomic E-state index is 12.6. The van der Waals surface area contributed by atoms with Crippen molar-refractivity contribution in [3.05, 3.63) is 29.8 Å². The molecule has 0 aromatic heterocycles. The molecule has 1 N–H and O–H groups in total. The lowest BCUT2D eigenvalue weighted by Crippen LogP contribution is -2.55. The topological polar surface area (TPSA) is 41.6 Å². The van der Waals surface area contributed by atoms with Crippen LogP contribution in [0.2, 0.25) is 0 Å². The summed E-state index contributed by atoms with van der Waals surface area (Å²) in [6.45, 7) is 12.6. The fourth-order valence-corrected chi connectivity index (χ4v) is 3.64. The molecule has 0 spiro atoms. The molecule has 1 heterocycles. The Hall–Kier alpha value is -1.04. The minimum atomic E-state index is -0.0699. The highest BCUT2D eigenvalue weighted by atomic mass is 32.2. The van der Waals surface area contributed by atoms with E-state index in [-0.39, 0.29) is 11.4 Å². The third-order valence-corrected chi connectivity index (χ3v) is 5.12. The number of ether oxygens (including phenoxy) is 1. The van der Waals surface area contributed by atoms with Gasteiger partial charge in [-0.15, -0.1) is 11.8 Å². The van der Waals surface area contributed by atoms with E-state index in [4.69, 9.17) is 4.74 Å². The maximum Gasteiger partial charge on any atom is 0.252 e. The monoisotopic (exact) mass is 336 g/mol. The summed E-state index contributed by atoms with van der Waals surface area (Å²) in [5.74, 6) is 0.00934. The Morgan fingerprint density at radius 1 is 1.30 bits per heavy atom. The second kappa shape index (κ2) is 8.18. The molecule has 0 bridgehead atoms. The number of nitrogens with one attached hydrogen (secondary N) is 1. The lowest BCUT2D eigenvalue weighted by molar-refractivity contribution is -0.00924. The molecule has 2 rings (SSSR count). The molecule has 1 aromatic rings. The van der Waals surface area contributed by atoms with Crippen LogP contribution in [-0.2, 0) is 4.74 Å². The zero-order chi connectivity index (χ0) is 16.9. The van der Waals surface area contributed by atoms with E-state index < -0.39 is 0 Å². The predicted molar refractivity (Wildman–Crippen MR) is 96.2 cm³/mol. The summed E-state index contributed by atoms with van der Waals surface area (Å²) in [5, 5.41) is 3.57. The van der Waals surface area contributed by atoms with Crippen LogP contribution in [0.5, 0.6) is 0 Å². The molecule has 5 heteroatoms. The molecule has 128 valence electrons. The predicted octanol–water partition coefficient (Wildman–Crippen LogP) is 3.03. The van der Waals surface area contributed by atoms with Crippen LogP contribution in [0.4, 0.5) is 0 Å². The first-order chi connectivity index (χ1) is 10.9. The van der Waals surface area contributed by atoms with Crippen molar-refractivity contribution < 1.29 is 9.53 Å². The zero-order valence-corrected chi connectivity index (χ0v) is 15.4. The van der Waals surface area contributed by atoms with E-state index in [2.05, 4.69) is 37.9 Å². The van der Waals surface area contributed by atoms with Gasteiger partial charge in [-0.05, 0) is 26.0 Å². The molecule has 1 aliphatic heterocycles. The number of amides is 1. The highest BCUT2D eigenvalue weighted by Crippen LogP contribution is 2.26. The van der Waals surface area contributed by atoms with Crippen molar-refractivity contribution >= 4 is 17.7 Å². The molecule has 0 unspecified atom stereocenters. The van der Waals surface area contributed by atoms with Crippen molar-refractivity contribution in [3.63, 3.8) is 0 Å². The molecule has 0 radical (unpaired) electrons. The van der Waals surface area contributed by atoms with E-state index in [1.807, 2.05) is 24.3 Å². The summed E-state index contributed by atoms with van der Waals surface area (Å²) in [6, 6.07) is 7.83. The summed E-state index contributed by atoms with van der Waals surface area (Å²) in [7, 11) is 0. The fraction of sp³-hybridized carbons (Fsp3) is 0.611. The molecule has 0 saturated carbocycles. The molecule has 0 atom stereocenters. The van der Waals surface area contributed by atoms with Crippen LogP contribution in [0.1, 0.15) is 38.1 Å². The van der Waals surface area contributed by atoms with Crippen LogP contribution in [0.25, 0.3) is 0 Å². The van der Waals surface area contributed by atoms with Gasteiger partial charge in [0.05, 0.1) is 18.8 Å². The number of carbonyl (C=O) groups is 1. The van der Waals surface area contributed by atoms with Gasteiger partial charge in [0.15, 0.2) is 0 Å². The van der Waals surface area contributed by atoms with Crippen molar-refractivity contribution in [2.45, 2.75) is 43.4 Å². The molecule has 0 aliphatic carbocycles. The van der Waals surface area contributed by atoms with Crippen LogP contribution >= 0.6 is 11.8 Å².